The van der Waals surface area contributed by atoms with E-state index in [0.29, 0.717) is 5.71 Å². The van der Waals surface area contributed by atoms with Gasteiger partial charge in [0, 0.05) is 24.2 Å². The van der Waals surface area contributed by atoms with Crippen LogP contribution in [0.25, 0.3) is 16.7 Å². The molecule has 3 aromatic rings. The number of aliphatic imine (C=N–C) groups is 1. The van der Waals surface area contributed by atoms with E-state index in [1.807, 2.05) is 0 Å². The largest absolute Gasteiger partial charge is 0.337 e. The van der Waals surface area contributed by atoms with E-state index in [-0.39, 0.29) is 41.2 Å². The number of allylic oxidation sites excluding steroid dienone is 1. The van der Waals surface area contributed by atoms with Crippen molar-refractivity contribution in [1.82, 2.24) is 14.1 Å². The minimum Gasteiger partial charge on any atom is -0.294 e. The molecule has 0 saturated heterocycles. The quantitative estimate of drug-likeness (QED) is 0.488. The second-order valence-electron chi connectivity index (χ2n) is 6.28. The fourth-order valence-electron chi connectivity index (χ4n) is 3.16. The van der Waals surface area contributed by atoms with Gasteiger partial charge in [0.25, 0.3) is 11.2 Å². The fraction of sp³-hybridized carbons (Fsp3) is 0.105. The molecule has 4 rings (SSSR count). The summed E-state index contributed by atoms with van der Waals surface area (Å²) in [4.78, 5) is 56.8. The zero-order chi connectivity index (χ0) is 20.5. The number of carbonyl (C=O) groups is 1. The zero-order valence-electron chi connectivity index (χ0n) is 14.9. The van der Waals surface area contributed by atoms with E-state index in [9.17, 15) is 24.5 Å². The Morgan fingerprint density at radius 2 is 1.90 bits per heavy atom. The Bertz CT molecular complexity index is 1350. The topological polar surface area (TPSA) is 129 Å². The highest BCUT2D eigenvalue weighted by Gasteiger charge is 2.22. The number of nitro groups is 1. The Balaban J connectivity index is 2.03. The first-order chi connectivity index (χ1) is 14.0. The van der Waals surface area contributed by atoms with Crippen LogP contribution in [0.15, 0.2) is 69.5 Å². The van der Waals surface area contributed by atoms with Crippen molar-refractivity contribution in [1.29, 1.82) is 0 Å². The number of pyridine rings is 1. The predicted octanol–water partition coefficient (Wildman–Crippen LogP) is 1.38. The van der Waals surface area contributed by atoms with Gasteiger partial charge in [-0.25, -0.2) is 14.3 Å². The SMILES string of the molecule is O=C1C=CN=C(Cn2c(=O)c3cccnc3n(-c3ccccc3[N+](=O)[O-])c2=O)C1. The molecule has 2 aromatic heterocycles. The first kappa shape index (κ1) is 18.2. The smallest absolute Gasteiger partial charge is 0.294 e. The number of fused-ring (bicyclic) bond motifs is 1. The highest BCUT2D eigenvalue weighted by Crippen LogP contribution is 2.22. The Hall–Kier alpha value is -4.21. The molecule has 3 heterocycles. The Morgan fingerprint density at radius 3 is 2.66 bits per heavy atom. The summed E-state index contributed by atoms with van der Waals surface area (Å²) in [7, 11) is 0. The van der Waals surface area contributed by atoms with Gasteiger partial charge in [-0.15, -0.1) is 0 Å². The minimum absolute atomic E-state index is 0.00889. The summed E-state index contributed by atoms with van der Waals surface area (Å²) in [6, 6.07) is 8.72. The zero-order valence-corrected chi connectivity index (χ0v) is 14.9. The monoisotopic (exact) mass is 391 g/mol. The summed E-state index contributed by atoms with van der Waals surface area (Å²) >= 11 is 0. The van der Waals surface area contributed by atoms with Crippen molar-refractivity contribution in [3.8, 4) is 5.69 Å². The fourth-order valence-corrected chi connectivity index (χ4v) is 3.16. The first-order valence-corrected chi connectivity index (χ1v) is 8.56. The van der Waals surface area contributed by atoms with Crippen LogP contribution < -0.4 is 11.2 Å². The molecule has 0 unspecified atom stereocenters. The number of carbonyl (C=O) groups excluding carboxylic acids is 1. The van der Waals surface area contributed by atoms with Crippen LogP contribution >= 0.6 is 0 Å². The summed E-state index contributed by atoms with van der Waals surface area (Å²) in [6.45, 7) is -0.209. The third kappa shape index (κ3) is 3.16. The van der Waals surface area contributed by atoms with Gasteiger partial charge in [-0.05, 0) is 24.3 Å². The number of nitro benzene ring substituents is 1. The molecule has 29 heavy (non-hydrogen) atoms. The van der Waals surface area contributed by atoms with E-state index < -0.39 is 16.2 Å². The molecule has 1 aliphatic heterocycles. The molecule has 144 valence electrons. The molecule has 0 N–H and O–H groups in total. The average molecular weight is 391 g/mol. The third-order valence-corrected chi connectivity index (χ3v) is 4.45. The lowest BCUT2D eigenvalue weighted by molar-refractivity contribution is -0.384. The Kier molecular flexibility index (Phi) is 4.43. The standard InChI is InChI=1S/C19H13N5O5/c25-13-7-9-20-12(10-13)11-22-18(26)14-4-3-8-21-17(14)23(19(22)27)15-5-1-2-6-16(15)24(28)29/h1-9H,10-11H2. The number of para-hydroxylation sites is 2. The Labute approximate surface area is 162 Å². The Morgan fingerprint density at radius 1 is 1.10 bits per heavy atom. The molecule has 0 fully saturated rings. The van der Waals surface area contributed by atoms with Crippen LogP contribution in [0.2, 0.25) is 0 Å². The second kappa shape index (κ2) is 7.08. The van der Waals surface area contributed by atoms with Crippen LogP contribution in [-0.2, 0) is 11.3 Å². The minimum atomic E-state index is -0.805. The van der Waals surface area contributed by atoms with Crippen LogP contribution in [0.1, 0.15) is 6.42 Å². The van der Waals surface area contributed by atoms with Crippen LogP contribution in [0.5, 0.6) is 0 Å². The van der Waals surface area contributed by atoms with E-state index in [1.54, 1.807) is 6.07 Å². The van der Waals surface area contributed by atoms with E-state index in [1.165, 1.54) is 48.8 Å². The number of rotatable bonds is 4. The van der Waals surface area contributed by atoms with E-state index in [2.05, 4.69) is 9.98 Å². The normalized spacial score (nSPS) is 13.5. The first-order valence-electron chi connectivity index (χ1n) is 8.56. The van der Waals surface area contributed by atoms with Gasteiger partial charge in [0.05, 0.1) is 23.3 Å². The molecule has 0 radical (unpaired) electrons. The summed E-state index contributed by atoms with van der Waals surface area (Å²) in [5, 5.41) is 11.6. The van der Waals surface area contributed by atoms with Crippen LogP contribution in [0.3, 0.4) is 0 Å². The van der Waals surface area contributed by atoms with Crippen LogP contribution in [0, 0.1) is 10.1 Å². The van der Waals surface area contributed by atoms with Gasteiger partial charge in [-0.2, -0.15) is 0 Å². The van der Waals surface area contributed by atoms with Gasteiger partial charge in [0.2, 0.25) is 0 Å². The van der Waals surface area contributed by atoms with E-state index in [0.717, 1.165) is 9.13 Å². The average Bonchev–Trinajstić information content (AvgIpc) is 2.71. The van der Waals surface area contributed by atoms with Gasteiger partial charge in [0.15, 0.2) is 11.4 Å². The van der Waals surface area contributed by atoms with Crippen LogP contribution in [0.4, 0.5) is 5.69 Å². The van der Waals surface area contributed by atoms with Crippen molar-refractivity contribution >= 4 is 28.2 Å². The van der Waals surface area contributed by atoms with Crippen molar-refractivity contribution in [2.75, 3.05) is 0 Å². The number of ketones is 1. The van der Waals surface area contributed by atoms with Gasteiger partial charge in [-0.3, -0.25) is 29.3 Å². The summed E-state index contributed by atoms with van der Waals surface area (Å²) in [5.74, 6) is -0.190. The van der Waals surface area contributed by atoms with Gasteiger partial charge in [-0.1, -0.05) is 12.1 Å². The van der Waals surface area contributed by atoms with Gasteiger partial charge >= 0.3 is 5.69 Å². The highest BCUT2D eigenvalue weighted by atomic mass is 16.6. The van der Waals surface area contributed by atoms with Crippen molar-refractivity contribution in [3.05, 3.63) is 85.8 Å². The maximum absolute atomic E-state index is 13.2. The molecule has 10 nitrogen and oxygen atoms in total. The molecule has 0 atom stereocenters. The molecule has 10 heteroatoms. The van der Waals surface area contributed by atoms with Crippen LogP contribution in [-0.4, -0.2) is 30.5 Å². The number of hydrogen-bond donors (Lipinski definition) is 0. The maximum Gasteiger partial charge on any atom is 0.337 e. The van der Waals surface area contributed by atoms with Crippen molar-refractivity contribution in [2.24, 2.45) is 4.99 Å². The molecular formula is C19H13N5O5. The predicted molar refractivity (Wildman–Crippen MR) is 104 cm³/mol. The highest BCUT2D eigenvalue weighted by molar-refractivity contribution is 6.08. The van der Waals surface area contributed by atoms with Crippen molar-refractivity contribution < 1.29 is 9.72 Å². The van der Waals surface area contributed by atoms with Gasteiger partial charge in [0.1, 0.15) is 5.69 Å². The lowest BCUT2D eigenvalue weighted by Crippen LogP contribution is -2.42. The molecule has 0 amide bonds. The number of benzene rings is 1. The number of nitrogens with zero attached hydrogens (tertiary/aromatic N) is 5. The summed E-state index contributed by atoms with van der Waals surface area (Å²) in [5.41, 5.74) is -1.39. The number of hydrogen-bond acceptors (Lipinski definition) is 7. The number of aromatic nitrogens is 3. The lowest BCUT2D eigenvalue weighted by Gasteiger charge is -2.14. The lowest BCUT2D eigenvalue weighted by atomic mass is 10.1. The molecule has 0 saturated carbocycles. The molecule has 0 aliphatic carbocycles. The molecule has 0 bridgehead atoms. The van der Waals surface area contributed by atoms with Crippen molar-refractivity contribution in [3.63, 3.8) is 0 Å². The molecule has 1 aliphatic rings. The van der Waals surface area contributed by atoms with Gasteiger partial charge < -0.3 is 0 Å². The molecular weight excluding hydrogens is 378 g/mol. The maximum atomic E-state index is 13.2. The van der Waals surface area contributed by atoms with E-state index in [4.69, 9.17) is 0 Å². The third-order valence-electron chi connectivity index (χ3n) is 4.45. The van der Waals surface area contributed by atoms with E-state index >= 15 is 0 Å². The van der Waals surface area contributed by atoms with Crippen molar-refractivity contribution in [2.45, 2.75) is 13.0 Å². The molecule has 1 aromatic carbocycles. The summed E-state index contributed by atoms with van der Waals surface area (Å²) in [6.07, 6.45) is 4.00. The summed E-state index contributed by atoms with van der Waals surface area (Å²) < 4.78 is 1.95. The molecule has 0 spiro atoms. The second-order valence-corrected chi connectivity index (χ2v) is 6.28.